The second-order valence-corrected chi connectivity index (χ2v) is 7.41. The summed E-state index contributed by atoms with van der Waals surface area (Å²) in [6.45, 7) is 3.50. The maximum Gasteiger partial charge on any atom is 0.254 e. The molecule has 1 aliphatic heterocycles. The van der Waals surface area contributed by atoms with Gasteiger partial charge in [0.25, 0.3) is 5.91 Å². The van der Waals surface area contributed by atoms with Gasteiger partial charge in [-0.3, -0.25) is 4.79 Å². The fraction of sp³-hybridized carbons (Fsp3) is 0.650. The van der Waals surface area contributed by atoms with Crippen LogP contribution < -0.4 is 15.2 Å². The van der Waals surface area contributed by atoms with Crippen molar-refractivity contribution in [3.8, 4) is 11.5 Å². The molecule has 2 aliphatic rings. The third kappa shape index (κ3) is 4.09. The lowest BCUT2D eigenvalue weighted by Crippen LogP contribution is -2.49. The van der Waals surface area contributed by atoms with E-state index in [2.05, 4.69) is 6.92 Å². The number of methoxy groups -OCH3 is 1. The van der Waals surface area contributed by atoms with E-state index >= 15 is 0 Å². The highest BCUT2D eigenvalue weighted by Crippen LogP contribution is 2.33. The van der Waals surface area contributed by atoms with Gasteiger partial charge in [0.1, 0.15) is 0 Å². The van der Waals surface area contributed by atoms with Crippen LogP contribution >= 0.6 is 0 Å². The van der Waals surface area contributed by atoms with Gasteiger partial charge in [-0.15, -0.1) is 0 Å². The molecule has 0 bridgehead atoms. The Morgan fingerprint density at radius 1 is 1.24 bits per heavy atom. The molecular formula is C20H30N2O3. The van der Waals surface area contributed by atoms with Crippen molar-refractivity contribution in [1.29, 1.82) is 0 Å². The smallest absolute Gasteiger partial charge is 0.254 e. The summed E-state index contributed by atoms with van der Waals surface area (Å²) in [4.78, 5) is 14.9. The molecule has 0 spiro atoms. The Hall–Kier alpha value is -1.75. The van der Waals surface area contributed by atoms with Crippen LogP contribution in [0.3, 0.4) is 0 Å². The molecule has 2 N–H and O–H groups in total. The number of hydrogen-bond donors (Lipinski definition) is 1. The standard InChI is InChI=1S/C20H30N2O3/c1-14-9-10-22(16(11-14)13-21)20(23)15-7-8-18(19(12-15)24-2)25-17-5-3-4-6-17/h7-8,12,14,16-17H,3-6,9-11,13,21H2,1-2H3. The van der Waals surface area contributed by atoms with Crippen molar-refractivity contribution in [1.82, 2.24) is 4.90 Å². The first-order valence-electron chi connectivity index (χ1n) is 9.48. The number of nitrogens with zero attached hydrogens (tertiary/aromatic N) is 1. The first-order valence-corrected chi connectivity index (χ1v) is 9.48. The quantitative estimate of drug-likeness (QED) is 0.889. The summed E-state index contributed by atoms with van der Waals surface area (Å²) in [6, 6.07) is 5.64. The van der Waals surface area contributed by atoms with Crippen LogP contribution in [0, 0.1) is 5.92 Å². The molecule has 3 rings (SSSR count). The molecule has 2 atom stereocenters. The third-order valence-electron chi connectivity index (χ3n) is 5.52. The van der Waals surface area contributed by atoms with Crippen molar-refractivity contribution in [2.45, 2.75) is 57.6 Å². The molecule has 1 heterocycles. The maximum atomic E-state index is 13.0. The molecule has 1 saturated heterocycles. The third-order valence-corrected chi connectivity index (χ3v) is 5.52. The number of piperidine rings is 1. The highest BCUT2D eigenvalue weighted by atomic mass is 16.5. The molecule has 1 aromatic carbocycles. The van der Waals surface area contributed by atoms with Gasteiger partial charge >= 0.3 is 0 Å². The van der Waals surface area contributed by atoms with Crippen molar-refractivity contribution >= 4 is 5.91 Å². The van der Waals surface area contributed by atoms with E-state index in [0.717, 1.165) is 38.0 Å². The number of amides is 1. The van der Waals surface area contributed by atoms with E-state index in [9.17, 15) is 4.79 Å². The fourth-order valence-electron chi connectivity index (χ4n) is 3.99. The lowest BCUT2D eigenvalue weighted by Gasteiger charge is -2.38. The van der Waals surface area contributed by atoms with Gasteiger partial charge in [-0.05, 0) is 62.6 Å². The van der Waals surface area contributed by atoms with E-state index in [-0.39, 0.29) is 18.1 Å². The molecule has 1 saturated carbocycles. The van der Waals surface area contributed by atoms with Gasteiger partial charge in [0, 0.05) is 24.7 Å². The molecule has 5 heteroatoms. The molecule has 2 unspecified atom stereocenters. The zero-order valence-corrected chi connectivity index (χ0v) is 15.4. The van der Waals surface area contributed by atoms with Crippen molar-refractivity contribution in [3.63, 3.8) is 0 Å². The van der Waals surface area contributed by atoms with Crippen molar-refractivity contribution in [3.05, 3.63) is 23.8 Å². The number of carbonyl (C=O) groups excluding carboxylic acids is 1. The van der Waals surface area contributed by atoms with Gasteiger partial charge in [-0.25, -0.2) is 0 Å². The average Bonchev–Trinajstić information content (AvgIpc) is 3.14. The lowest BCUT2D eigenvalue weighted by atomic mass is 9.92. The molecule has 0 aromatic heterocycles. The molecule has 1 aliphatic carbocycles. The summed E-state index contributed by atoms with van der Waals surface area (Å²) in [5, 5.41) is 0. The Kier molecular flexibility index (Phi) is 5.84. The number of carbonyl (C=O) groups is 1. The Morgan fingerprint density at radius 3 is 2.68 bits per heavy atom. The Labute approximate surface area is 150 Å². The predicted octanol–water partition coefficient (Wildman–Crippen LogP) is 3.22. The first-order chi connectivity index (χ1) is 12.1. The summed E-state index contributed by atoms with van der Waals surface area (Å²) in [5.41, 5.74) is 6.55. The van der Waals surface area contributed by atoms with E-state index in [0.29, 0.717) is 23.8 Å². The zero-order valence-electron chi connectivity index (χ0n) is 15.4. The van der Waals surface area contributed by atoms with Crippen LogP contribution in [-0.2, 0) is 0 Å². The predicted molar refractivity (Wildman–Crippen MR) is 98.2 cm³/mol. The molecule has 138 valence electrons. The minimum atomic E-state index is 0.0352. The highest BCUT2D eigenvalue weighted by Gasteiger charge is 2.30. The topological polar surface area (TPSA) is 64.8 Å². The van der Waals surface area contributed by atoms with E-state index in [1.54, 1.807) is 13.2 Å². The Bertz CT molecular complexity index is 599. The number of nitrogens with two attached hydrogens (primary N) is 1. The summed E-state index contributed by atoms with van der Waals surface area (Å²) in [7, 11) is 1.62. The monoisotopic (exact) mass is 346 g/mol. The lowest BCUT2D eigenvalue weighted by molar-refractivity contribution is 0.0573. The summed E-state index contributed by atoms with van der Waals surface area (Å²) in [5.74, 6) is 2.02. The average molecular weight is 346 g/mol. The van der Waals surface area contributed by atoms with Crippen LogP contribution in [0.1, 0.15) is 55.8 Å². The number of likely N-dealkylation sites (tertiary alicyclic amines) is 1. The normalized spacial score (nSPS) is 24.4. The van der Waals surface area contributed by atoms with Crippen LogP contribution in [0.15, 0.2) is 18.2 Å². The number of rotatable bonds is 5. The Balaban J connectivity index is 1.76. The van der Waals surface area contributed by atoms with Crippen molar-refractivity contribution < 1.29 is 14.3 Å². The van der Waals surface area contributed by atoms with Gasteiger partial charge in [0.2, 0.25) is 0 Å². The minimum Gasteiger partial charge on any atom is -0.493 e. The van der Waals surface area contributed by atoms with Gasteiger partial charge in [-0.2, -0.15) is 0 Å². The number of hydrogen-bond acceptors (Lipinski definition) is 4. The van der Waals surface area contributed by atoms with Crippen LogP contribution in [0.5, 0.6) is 11.5 Å². The van der Waals surface area contributed by atoms with Crippen LogP contribution in [0.25, 0.3) is 0 Å². The van der Waals surface area contributed by atoms with Gasteiger partial charge in [-0.1, -0.05) is 6.92 Å². The second kappa shape index (κ2) is 8.09. The van der Waals surface area contributed by atoms with Crippen LogP contribution in [0.4, 0.5) is 0 Å². The highest BCUT2D eigenvalue weighted by molar-refractivity contribution is 5.95. The number of ether oxygens (including phenoxy) is 2. The molecule has 1 amide bonds. The SMILES string of the molecule is COc1cc(C(=O)N2CCC(C)CC2CN)ccc1OC1CCCC1. The second-order valence-electron chi connectivity index (χ2n) is 7.41. The van der Waals surface area contributed by atoms with Crippen LogP contribution in [0.2, 0.25) is 0 Å². The molecule has 2 fully saturated rings. The van der Waals surface area contributed by atoms with E-state index in [1.807, 2.05) is 17.0 Å². The molecule has 5 nitrogen and oxygen atoms in total. The van der Waals surface area contributed by atoms with E-state index in [1.165, 1.54) is 12.8 Å². The fourth-order valence-corrected chi connectivity index (χ4v) is 3.99. The van der Waals surface area contributed by atoms with Gasteiger partial charge in [0.05, 0.1) is 13.2 Å². The van der Waals surface area contributed by atoms with Crippen molar-refractivity contribution in [2.75, 3.05) is 20.2 Å². The van der Waals surface area contributed by atoms with Crippen molar-refractivity contribution in [2.24, 2.45) is 11.7 Å². The molecule has 25 heavy (non-hydrogen) atoms. The zero-order chi connectivity index (χ0) is 17.8. The number of benzene rings is 1. The summed E-state index contributed by atoms with van der Waals surface area (Å²) in [6.07, 6.45) is 6.89. The van der Waals surface area contributed by atoms with E-state index in [4.69, 9.17) is 15.2 Å². The molecular weight excluding hydrogens is 316 g/mol. The maximum absolute atomic E-state index is 13.0. The Morgan fingerprint density at radius 2 is 2.00 bits per heavy atom. The first kappa shape index (κ1) is 18.1. The molecule has 1 aromatic rings. The summed E-state index contributed by atoms with van der Waals surface area (Å²) < 4.78 is 11.5. The largest absolute Gasteiger partial charge is 0.493 e. The minimum absolute atomic E-state index is 0.0352. The summed E-state index contributed by atoms with van der Waals surface area (Å²) >= 11 is 0. The van der Waals surface area contributed by atoms with Crippen LogP contribution in [-0.4, -0.2) is 43.2 Å². The molecule has 0 radical (unpaired) electrons. The van der Waals surface area contributed by atoms with Gasteiger partial charge < -0.3 is 20.1 Å². The van der Waals surface area contributed by atoms with E-state index < -0.39 is 0 Å². The van der Waals surface area contributed by atoms with Gasteiger partial charge in [0.15, 0.2) is 11.5 Å².